The van der Waals surface area contributed by atoms with Crippen molar-refractivity contribution in [3.8, 4) is 0 Å². The highest BCUT2D eigenvalue weighted by Crippen LogP contribution is 2.07. The van der Waals surface area contributed by atoms with Gasteiger partial charge in [-0.05, 0) is 5.92 Å². The monoisotopic (exact) mass is 168 g/mol. The Bertz CT molecular complexity index is 245. The largest absolute Gasteiger partial charge is 0.339 e. The molecule has 0 bridgehead atoms. The average molecular weight is 168 g/mol. The molecule has 4 heteroatoms. The molecule has 1 rings (SSSR count). The van der Waals surface area contributed by atoms with E-state index < -0.39 is 6.04 Å². The van der Waals surface area contributed by atoms with E-state index in [4.69, 9.17) is 0 Å². The Morgan fingerprint density at radius 2 is 2.00 bits per heavy atom. The van der Waals surface area contributed by atoms with E-state index >= 15 is 0 Å². The maximum Gasteiger partial charge on any atom is 0.267 e. The standard InChI is InChI=1S/C8H12N2O2/c1-4(2)6-8(12)9-5(3)7(11)10-6/h4,6H,3H2,1-2H3,(H,9,12)(H,10,11)/t6-/m0/s1. The van der Waals surface area contributed by atoms with Gasteiger partial charge >= 0.3 is 0 Å². The highest BCUT2D eigenvalue weighted by Gasteiger charge is 2.30. The first kappa shape index (κ1) is 8.77. The quantitative estimate of drug-likeness (QED) is 0.531. The summed E-state index contributed by atoms with van der Waals surface area (Å²) >= 11 is 0. The molecule has 1 fully saturated rings. The second-order valence-electron chi connectivity index (χ2n) is 3.16. The molecule has 0 radical (unpaired) electrons. The highest BCUT2D eigenvalue weighted by molar-refractivity contribution is 6.04. The fourth-order valence-electron chi connectivity index (χ4n) is 1.05. The zero-order valence-electron chi connectivity index (χ0n) is 7.18. The van der Waals surface area contributed by atoms with Crippen molar-refractivity contribution in [1.82, 2.24) is 10.6 Å². The fraction of sp³-hybridized carbons (Fsp3) is 0.500. The lowest BCUT2D eigenvalue weighted by Gasteiger charge is -2.26. The molecule has 1 aliphatic rings. The predicted molar refractivity (Wildman–Crippen MR) is 44.1 cm³/mol. The number of rotatable bonds is 1. The van der Waals surface area contributed by atoms with Crippen LogP contribution in [0.4, 0.5) is 0 Å². The van der Waals surface area contributed by atoms with Gasteiger partial charge in [0.05, 0.1) is 5.70 Å². The minimum atomic E-state index is -0.428. The van der Waals surface area contributed by atoms with E-state index in [1.165, 1.54) is 0 Å². The summed E-state index contributed by atoms with van der Waals surface area (Å²) in [5.41, 5.74) is 0.122. The lowest BCUT2D eigenvalue weighted by molar-refractivity contribution is -0.132. The Labute approximate surface area is 71.0 Å². The van der Waals surface area contributed by atoms with E-state index in [2.05, 4.69) is 17.2 Å². The number of carbonyl (C=O) groups excluding carboxylic acids is 2. The molecule has 0 aromatic heterocycles. The maximum absolute atomic E-state index is 11.2. The molecule has 66 valence electrons. The minimum absolute atomic E-state index is 0.0991. The zero-order chi connectivity index (χ0) is 9.30. The van der Waals surface area contributed by atoms with Crippen LogP contribution in [0.25, 0.3) is 0 Å². The van der Waals surface area contributed by atoms with Crippen molar-refractivity contribution in [2.75, 3.05) is 0 Å². The Balaban J connectivity index is 2.75. The van der Waals surface area contributed by atoms with Crippen molar-refractivity contribution >= 4 is 11.8 Å². The molecule has 1 saturated heterocycles. The van der Waals surface area contributed by atoms with Gasteiger partial charge < -0.3 is 10.6 Å². The van der Waals surface area contributed by atoms with Gasteiger partial charge in [0.2, 0.25) is 5.91 Å². The molecule has 0 aliphatic carbocycles. The Morgan fingerprint density at radius 3 is 2.50 bits per heavy atom. The molecule has 0 spiro atoms. The molecule has 2 amide bonds. The fourth-order valence-corrected chi connectivity index (χ4v) is 1.05. The van der Waals surface area contributed by atoms with Gasteiger partial charge in [-0.1, -0.05) is 20.4 Å². The normalized spacial score (nSPS) is 23.9. The highest BCUT2D eigenvalue weighted by atomic mass is 16.2. The number of piperazine rings is 1. The van der Waals surface area contributed by atoms with E-state index in [1.54, 1.807) is 0 Å². The first-order valence-electron chi connectivity index (χ1n) is 3.83. The van der Waals surface area contributed by atoms with Gasteiger partial charge in [0.1, 0.15) is 6.04 Å². The van der Waals surface area contributed by atoms with Gasteiger partial charge in [-0.15, -0.1) is 0 Å². The van der Waals surface area contributed by atoms with Gasteiger partial charge in [-0.3, -0.25) is 9.59 Å². The number of hydrogen-bond donors (Lipinski definition) is 2. The Hall–Kier alpha value is -1.32. The lowest BCUT2D eigenvalue weighted by Crippen LogP contribution is -2.56. The number of carbonyl (C=O) groups is 2. The van der Waals surface area contributed by atoms with Crippen molar-refractivity contribution in [1.29, 1.82) is 0 Å². The van der Waals surface area contributed by atoms with Crippen LogP contribution in [0.3, 0.4) is 0 Å². The van der Waals surface area contributed by atoms with Crippen LogP contribution in [0.15, 0.2) is 12.3 Å². The van der Waals surface area contributed by atoms with Crippen molar-refractivity contribution in [3.63, 3.8) is 0 Å². The molecule has 0 unspecified atom stereocenters. The average Bonchev–Trinajstić information content (AvgIpc) is 1.96. The topological polar surface area (TPSA) is 58.2 Å². The molecule has 1 atom stereocenters. The van der Waals surface area contributed by atoms with Crippen molar-refractivity contribution in [3.05, 3.63) is 12.3 Å². The summed E-state index contributed by atoms with van der Waals surface area (Å²) in [4.78, 5) is 22.2. The SMILES string of the molecule is C=C1NC(=O)[C@H](C(C)C)NC1=O. The number of nitrogens with one attached hydrogen (secondary N) is 2. The van der Waals surface area contributed by atoms with E-state index in [-0.39, 0.29) is 23.4 Å². The van der Waals surface area contributed by atoms with Crippen LogP contribution < -0.4 is 10.6 Å². The lowest BCUT2D eigenvalue weighted by atomic mass is 10.0. The second kappa shape index (κ2) is 2.97. The van der Waals surface area contributed by atoms with E-state index in [9.17, 15) is 9.59 Å². The molecule has 0 saturated carbocycles. The summed E-state index contributed by atoms with van der Waals surface area (Å²) < 4.78 is 0. The smallest absolute Gasteiger partial charge is 0.267 e. The van der Waals surface area contributed by atoms with Crippen LogP contribution in [0, 0.1) is 5.92 Å². The first-order valence-corrected chi connectivity index (χ1v) is 3.83. The first-order chi connectivity index (χ1) is 5.52. The van der Waals surface area contributed by atoms with Gasteiger partial charge in [0.15, 0.2) is 0 Å². The summed E-state index contributed by atoms with van der Waals surface area (Å²) in [6.45, 7) is 7.14. The molecule has 1 heterocycles. The molecular weight excluding hydrogens is 156 g/mol. The van der Waals surface area contributed by atoms with E-state index in [0.29, 0.717) is 0 Å². The van der Waals surface area contributed by atoms with Crippen molar-refractivity contribution < 1.29 is 9.59 Å². The van der Waals surface area contributed by atoms with Gasteiger partial charge in [-0.2, -0.15) is 0 Å². The van der Waals surface area contributed by atoms with Crippen LogP contribution in [0.5, 0.6) is 0 Å². The summed E-state index contributed by atoms with van der Waals surface area (Å²) in [6, 6.07) is -0.428. The molecule has 1 aliphatic heterocycles. The maximum atomic E-state index is 11.2. The molecular formula is C8H12N2O2. The minimum Gasteiger partial charge on any atom is -0.339 e. The van der Waals surface area contributed by atoms with Gasteiger partial charge in [0.25, 0.3) is 5.91 Å². The summed E-state index contributed by atoms with van der Waals surface area (Å²) in [6.07, 6.45) is 0. The second-order valence-corrected chi connectivity index (χ2v) is 3.16. The predicted octanol–water partition coefficient (Wildman–Crippen LogP) is -0.229. The van der Waals surface area contributed by atoms with E-state index in [1.807, 2.05) is 13.8 Å². The number of hydrogen-bond acceptors (Lipinski definition) is 2. The van der Waals surface area contributed by atoms with Crippen LogP contribution in [-0.2, 0) is 9.59 Å². The van der Waals surface area contributed by atoms with Crippen molar-refractivity contribution in [2.24, 2.45) is 5.92 Å². The Morgan fingerprint density at radius 1 is 1.42 bits per heavy atom. The molecule has 0 aromatic rings. The third-order valence-corrected chi connectivity index (χ3v) is 1.78. The zero-order valence-corrected chi connectivity index (χ0v) is 7.18. The molecule has 2 N–H and O–H groups in total. The third-order valence-electron chi connectivity index (χ3n) is 1.78. The molecule has 12 heavy (non-hydrogen) atoms. The van der Waals surface area contributed by atoms with E-state index in [0.717, 1.165) is 0 Å². The van der Waals surface area contributed by atoms with Crippen LogP contribution in [-0.4, -0.2) is 17.9 Å². The van der Waals surface area contributed by atoms with Crippen LogP contribution >= 0.6 is 0 Å². The Kier molecular flexibility index (Phi) is 2.17. The van der Waals surface area contributed by atoms with Crippen LogP contribution in [0.1, 0.15) is 13.8 Å². The van der Waals surface area contributed by atoms with Crippen LogP contribution in [0.2, 0.25) is 0 Å². The summed E-state index contributed by atoms with van der Waals surface area (Å²) in [7, 11) is 0. The van der Waals surface area contributed by atoms with Crippen molar-refractivity contribution in [2.45, 2.75) is 19.9 Å². The number of amides is 2. The summed E-state index contributed by atoms with van der Waals surface area (Å²) in [5.74, 6) is -0.384. The molecule has 0 aromatic carbocycles. The molecule has 4 nitrogen and oxygen atoms in total. The van der Waals surface area contributed by atoms with Gasteiger partial charge in [-0.25, -0.2) is 0 Å². The summed E-state index contributed by atoms with van der Waals surface area (Å²) in [5, 5.41) is 4.98. The third kappa shape index (κ3) is 1.47. The van der Waals surface area contributed by atoms with Gasteiger partial charge in [0, 0.05) is 0 Å².